The second kappa shape index (κ2) is 7.13. The molecule has 120 valence electrons. The van der Waals surface area contributed by atoms with Crippen molar-refractivity contribution in [2.75, 3.05) is 32.1 Å². The lowest BCUT2D eigenvalue weighted by molar-refractivity contribution is -0.0205. The number of rotatable bonds is 3. The minimum Gasteiger partial charge on any atom is -0.371 e. The Labute approximate surface area is 141 Å². The fraction of sp³-hybridized carbons (Fsp3) is 0.278. The molecule has 23 heavy (non-hydrogen) atoms. The lowest BCUT2D eigenvalue weighted by Crippen LogP contribution is -2.35. The monoisotopic (exact) mass is 330 g/mol. The van der Waals surface area contributed by atoms with E-state index in [-0.39, 0.29) is 12.0 Å². The van der Waals surface area contributed by atoms with E-state index in [0.29, 0.717) is 17.2 Å². The van der Waals surface area contributed by atoms with Crippen LogP contribution >= 0.6 is 11.6 Å². The maximum Gasteiger partial charge on any atom is 0.255 e. The van der Waals surface area contributed by atoms with E-state index < -0.39 is 0 Å². The molecule has 2 aromatic rings. The summed E-state index contributed by atoms with van der Waals surface area (Å²) in [7, 11) is 2.07. The van der Waals surface area contributed by atoms with E-state index in [9.17, 15) is 4.79 Å². The number of halogens is 1. The lowest BCUT2D eigenvalue weighted by Gasteiger charge is -2.31. The summed E-state index contributed by atoms with van der Waals surface area (Å²) in [5.74, 6) is -0.154. The Morgan fingerprint density at radius 1 is 1.22 bits per heavy atom. The van der Waals surface area contributed by atoms with Crippen LogP contribution in [0, 0.1) is 0 Å². The smallest absolute Gasteiger partial charge is 0.255 e. The normalized spacial score (nSPS) is 18.6. The molecule has 3 rings (SSSR count). The van der Waals surface area contributed by atoms with Gasteiger partial charge in [0.25, 0.3) is 5.91 Å². The van der Waals surface area contributed by atoms with Gasteiger partial charge in [-0.2, -0.15) is 0 Å². The number of nitrogens with one attached hydrogen (secondary N) is 1. The topological polar surface area (TPSA) is 41.6 Å². The molecule has 0 spiro atoms. The van der Waals surface area contributed by atoms with Crippen LogP contribution < -0.4 is 5.32 Å². The number of hydrogen-bond donors (Lipinski definition) is 1. The van der Waals surface area contributed by atoms with E-state index in [1.807, 2.05) is 24.3 Å². The number of ether oxygens (including phenoxy) is 1. The van der Waals surface area contributed by atoms with Gasteiger partial charge in [0, 0.05) is 34.9 Å². The standard InChI is InChI=1S/C18H19ClN2O2/c1-21-10-11-23-17(12-21)15-4-2-3-5-16(15)20-18(22)13-6-8-14(19)9-7-13/h2-9,17H,10-12H2,1H3,(H,20,22). The van der Waals surface area contributed by atoms with Gasteiger partial charge in [-0.05, 0) is 37.4 Å². The van der Waals surface area contributed by atoms with Crippen LogP contribution in [-0.4, -0.2) is 37.6 Å². The van der Waals surface area contributed by atoms with Crippen LogP contribution in [0.5, 0.6) is 0 Å². The summed E-state index contributed by atoms with van der Waals surface area (Å²) in [6.07, 6.45) is -0.0320. The molecule has 0 radical (unpaired) electrons. The van der Waals surface area contributed by atoms with Gasteiger partial charge in [0.05, 0.1) is 12.7 Å². The van der Waals surface area contributed by atoms with Crippen molar-refractivity contribution >= 4 is 23.2 Å². The zero-order valence-electron chi connectivity index (χ0n) is 13.0. The first-order valence-corrected chi connectivity index (χ1v) is 7.97. The Bertz CT molecular complexity index is 688. The summed E-state index contributed by atoms with van der Waals surface area (Å²) in [5, 5.41) is 3.59. The first-order chi connectivity index (χ1) is 11.1. The highest BCUT2D eigenvalue weighted by atomic mass is 35.5. The Kier molecular flexibility index (Phi) is 4.96. The van der Waals surface area contributed by atoms with Gasteiger partial charge in [0.1, 0.15) is 0 Å². The highest BCUT2D eigenvalue weighted by Gasteiger charge is 2.22. The van der Waals surface area contributed by atoms with Crippen molar-refractivity contribution in [1.82, 2.24) is 4.90 Å². The number of carbonyl (C=O) groups is 1. The van der Waals surface area contributed by atoms with Crippen molar-refractivity contribution in [3.63, 3.8) is 0 Å². The molecular weight excluding hydrogens is 312 g/mol. The molecule has 1 saturated heterocycles. The Balaban J connectivity index is 1.80. The quantitative estimate of drug-likeness (QED) is 0.935. The molecule has 1 unspecified atom stereocenters. The molecule has 0 aliphatic carbocycles. The van der Waals surface area contributed by atoms with Crippen molar-refractivity contribution in [1.29, 1.82) is 0 Å². The van der Waals surface area contributed by atoms with Gasteiger partial charge in [-0.3, -0.25) is 4.79 Å². The van der Waals surface area contributed by atoms with Crippen LogP contribution in [0.15, 0.2) is 48.5 Å². The van der Waals surface area contributed by atoms with Gasteiger partial charge < -0.3 is 15.0 Å². The molecule has 1 N–H and O–H groups in total. The minimum absolute atomic E-state index is 0.0320. The van der Waals surface area contributed by atoms with E-state index in [4.69, 9.17) is 16.3 Å². The summed E-state index contributed by atoms with van der Waals surface area (Å²) in [5.41, 5.74) is 2.36. The fourth-order valence-corrected chi connectivity index (χ4v) is 2.78. The predicted octanol–water partition coefficient (Wildman–Crippen LogP) is 3.60. The van der Waals surface area contributed by atoms with E-state index in [0.717, 1.165) is 24.3 Å². The fourth-order valence-electron chi connectivity index (χ4n) is 2.65. The van der Waals surface area contributed by atoms with Crippen molar-refractivity contribution in [2.24, 2.45) is 0 Å². The molecule has 1 aliphatic rings. The van der Waals surface area contributed by atoms with Crippen molar-refractivity contribution in [3.05, 3.63) is 64.7 Å². The average molecular weight is 331 g/mol. The molecule has 0 saturated carbocycles. The third kappa shape index (κ3) is 3.91. The SMILES string of the molecule is CN1CCOC(c2ccccc2NC(=O)c2ccc(Cl)cc2)C1. The third-order valence-electron chi connectivity index (χ3n) is 3.93. The zero-order chi connectivity index (χ0) is 16.2. The van der Waals surface area contributed by atoms with E-state index in [1.54, 1.807) is 24.3 Å². The second-order valence-corrected chi connectivity index (χ2v) is 6.11. The zero-order valence-corrected chi connectivity index (χ0v) is 13.7. The van der Waals surface area contributed by atoms with E-state index in [2.05, 4.69) is 17.3 Å². The van der Waals surface area contributed by atoms with Crippen LogP contribution in [-0.2, 0) is 4.74 Å². The average Bonchev–Trinajstić information content (AvgIpc) is 2.56. The highest BCUT2D eigenvalue weighted by Crippen LogP contribution is 2.28. The van der Waals surface area contributed by atoms with Crippen molar-refractivity contribution < 1.29 is 9.53 Å². The largest absolute Gasteiger partial charge is 0.371 e. The second-order valence-electron chi connectivity index (χ2n) is 5.67. The number of anilines is 1. The number of likely N-dealkylation sites (N-methyl/N-ethyl adjacent to an activating group) is 1. The van der Waals surface area contributed by atoms with Gasteiger partial charge in [0.15, 0.2) is 0 Å². The van der Waals surface area contributed by atoms with E-state index in [1.165, 1.54) is 0 Å². The van der Waals surface area contributed by atoms with Crippen LogP contribution in [0.25, 0.3) is 0 Å². The summed E-state index contributed by atoms with van der Waals surface area (Å²) >= 11 is 5.86. The summed E-state index contributed by atoms with van der Waals surface area (Å²) in [4.78, 5) is 14.6. The summed E-state index contributed by atoms with van der Waals surface area (Å²) < 4.78 is 5.87. The first kappa shape index (κ1) is 16.0. The van der Waals surface area contributed by atoms with Crippen LogP contribution in [0.4, 0.5) is 5.69 Å². The molecule has 0 aromatic heterocycles. The number of hydrogen-bond acceptors (Lipinski definition) is 3. The van der Waals surface area contributed by atoms with Gasteiger partial charge in [0.2, 0.25) is 0 Å². The lowest BCUT2D eigenvalue weighted by atomic mass is 10.0. The highest BCUT2D eigenvalue weighted by molar-refractivity contribution is 6.30. The third-order valence-corrected chi connectivity index (χ3v) is 4.18. The molecule has 1 aliphatic heterocycles. The molecule has 1 fully saturated rings. The van der Waals surface area contributed by atoms with Gasteiger partial charge >= 0.3 is 0 Å². The number of morpholine rings is 1. The van der Waals surface area contributed by atoms with Gasteiger partial charge in [-0.15, -0.1) is 0 Å². The molecule has 1 atom stereocenters. The molecule has 1 amide bonds. The molecule has 4 nitrogen and oxygen atoms in total. The Hall–Kier alpha value is -1.88. The maximum atomic E-state index is 12.4. The number of amides is 1. The Morgan fingerprint density at radius 3 is 2.70 bits per heavy atom. The predicted molar refractivity (Wildman–Crippen MR) is 92.0 cm³/mol. The molecular formula is C18H19ClN2O2. The number of nitrogens with zero attached hydrogens (tertiary/aromatic N) is 1. The molecule has 0 bridgehead atoms. The van der Waals surface area contributed by atoms with Crippen LogP contribution in [0.3, 0.4) is 0 Å². The number of para-hydroxylation sites is 1. The van der Waals surface area contributed by atoms with Gasteiger partial charge in [-0.1, -0.05) is 29.8 Å². The minimum atomic E-state index is -0.154. The van der Waals surface area contributed by atoms with Crippen molar-refractivity contribution in [3.8, 4) is 0 Å². The van der Waals surface area contributed by atoms with E-state index >= 15 is 0 Å². The molecule has 5 heteroatoms. The summed E-state index contributed by atoms with van der Waals surface area (Å²) in [6, 6.07) is 14.6. The number of benzene rings is 2. The molecule has 1 heterocycles. The van der Waals surface area contributed by atoms with Crippen molar-refractivity contribution in [2.45, 2.75) is 6.10 Å². The van der Waals surface area contributed by atoms with Crippen LogP contribution in [0.1, 0.15) is 22.0 Å². The first-order valence-electron chi connectivity index (χ1n) is 7.59. The number of carbonyl (C=O) groups excluding carboxylic acids is 1. The van der Waals surface area contributed by atoms with Gasteiger partial charge in [-0.25, -0.2) is 0 Å². The van der Waals surface area contributed by atoms with Crippen LogP contribution in [0.2, 0.25) is 5.02 Å². The summed E-state index contributed by atoms with van der Waals surface area (Å²) in [6.45, 7) is 2.43. The Morgan fingerprint density at radius 2 is 1.96 bits per heavy atom. The maximum absolute atomic E-state index is 12.4. The molecule has 2 aromatic carbocycles.